The second kappa shape index (κ2) is 53.3. The van der Waals surface area contributed by atoms with Gasteiger partial charge in [-0.15, -0.1) is 0 Å². The van der Waals surface area contributed by atoms with Crippen LogP contribution in [0.1, 0.15) is 335 Å². The third-order valence-electron chi connectivity index (χ3n) is 13.4. The number of ether oxygens (including phenoxy) is 1. The van der Waals surface area contributed by atoms with Crippen LogP contribution in [-0.4, -0.2) is 12.6 Å². The van der Waals surface area contributed by atoms with E-state index in [2.05, 4.69) is 32.9 Å². The van der Waals surface area contributed by atoms with E-state index in [0.717, 1.165) is 25.2 Å². The highest BCUT2D eigenvalue weighted by Crippen LogP contribution is 2.18. The largest absolute Gasteiger partial charge is 0.466 e. The van der Waals surface area contributed by atoms with Crippen molar-refractivity contribution in [2.24, 2.45) is 5.92 Å². The van der Waals surface area contributed by atoms with Crippen LogP contribution in [0.4, 0.5) is 0 Å². The Morgan fingerprint density at radius 3 is 0.949 bits per heavy atom. The van der Waals surface area contributed by atoms with Crippen molar-refractivity contribution in [3.63, 3.8) is 0 Å². The van der Waals surface area contributed by atoms with Crippen molar-refractivity contribution >= 4 is 5.97 Å². The van der Waals surface area contributed by atoms with E-state index in [0.29, 0.717) is 13.0 Å². The summed E-state index contributed by atoms with van der Waals surface area (Å²) in [4.78, 5) is 12.0. The number of allylic oxidation sites excluding steroid dienone is 2. The van der Waals surface area contributed by atoms with Crippen LogP contribution in [0, 0.1) is 5.92 Å². The Hall–Kier alpha value is -0.790. The van der Waals surface area contributed by atoms with E-state index in [-0.39, 0.29) is 5.97 Å². The quantitative estimate of drug-likeness (QED) is 0.0347. The molecular formula is C57H112O2. The van der Waals surface area contributed by atoms with E-state index in [1.54, 1.807) is 0 Å². The molecule has 0 N–H and O–H groups in total. The molecule has 0 aliphatic carbocycles. The summed E-state index contributed by atoms with van der Waals surface area (Å²) in [7, 11) is 0. The highest BCUT2D eigenvalue weighted by molar-refractivity contribution is 5.69. The smallest absolute Gasteiger partial charge is 0.305 e. The van der Waals surface area contributed by atoms with Gasteiger partial charge in [-0.3, -0.25) is 4.79 Å². The number of carbonyl (C=O) groups is 1. The molecule has 0 bridgehead atoms. The lowest BCUT2D eigenvalue weighted by Crippen LogP contribution is -2.05. The lowest BCUT2D eigenvalue weighted by molar-refractivity contribution is -0.143. The summed E-state index contributed by atoms with van der Waals surface area (Å²) < 4.78 is 5.49. The van der Waals surface area contributed by atoms with E-state index in [4.69, 9.17) is 4.74 Å². The molecule has 0 amide bonds. The second-order valence-corrected chi connectivity index (χ2v) is 19.5. The third kappa shape index (κ3) is 53.3. The molecule has 0 aliphatic heterocycles. The summed E-state index contributed by atoms with van der Waals surface area (Å²) in [5.41, 5.74) is 0. The predicted octanol–water partition coefficient (Wildman–Crippen LogP) is 20.9. The Morgan fingerprint density at radius 1 is 0.356 bits per heavy atom. The molecule has 0 aromatic carbocycles. The molecule has 59 heavy (non-hydrogen) atoms. The summed E-state index contributed by atoms with van der Waals surface area (Å²) in [5.74, 6) is 0.963. The van der Waals surface area contributed by atoms with Gasteiger partial charge in [-0.05, 0) is 44.4 Å². The monoisotopic (exact) mass is 829 g/mol. The van der Waals surface area contributed by atoms with Crippen LogP contribution in [0.5, 0.6) is 0 Å². The number of hydrogen-bond donors (Lipinski definition) is 0. The maximum Gasteiger partial charge on any atom is 0.305 e. The van der Waals surface area contributed by atoms with Crippen molar-refractivity contribution in [3.05, 3.63) is 12.2 Å². The molecule has 0 saturated heterocycles. The summed E-state index contributed by atoms with van der Waals surface area (Å²) in [6.45, 7) is 7.64. The van der Waals surface area contributed by atoms with Gasteiger partial charge in [0.15, 0.2) is 0 Å². The molecule has 0 fully saturated rings. The lowest BCUT2D eigenvalue weighted by atomic mass is 9.99. The number of carbonyl (C=O) groups excluding carboxylic acids is 1. The zero-order valence-corrected chi connectivity index (χ0v) is 41.4. The number of esters is 1. The van der Waals surface area contributed by atoms with E-state index in [1.165, 1.54) is 289 Å². The molecule has 0 aromatic heterocycles. The third-order valence-corrected chi connectivity index (χ3v) is 13.4. The first-order valence-corrected chi connectivity index (χ1v) is 28.0. The van der Waals surface area contributed by atoms with Gasteiger partial charge in [-0.2, -0.15) is 0 Å². The van der Waals surface area contributed by atoms with Crippen LogP contribution in [0.25, 0.3) is 0 Å². The Balaban J connectivity index is 3.15. The normalized spacial score (nSPS) is 12.3. The standard InChI is InChI=1S/C57H112O2/c1-4-6-7-8-9-10-11-12-32-36-39-42-45-48-51-54-57(58)59-55-52-49-46-43-40-37-34-31-29-27-25-23-21-19-17-15-13-14-16-18-20-22-24-26-28-30-33-35-38-41-44-47-50-53-56(3)5-2/h12,32,56H,4-11,13-31,33-55H2,1-3H3/b32-12-. The van der Waals surface area contributed by atoms with E-state index in [1.807, 2.05) is 0 Å². The molecule has 1 atom stereocenters. The van der Waals surface area contributed by atoms with E-state index < -0.39 is 0 Å². The van der Waals surface area contributed by atoms with Gasteiger partial charge < -0.3 is 4.74 Å². The Labute approximate surface area is 374 Å². The topological polar surface area (TPSA) is 26.3 Å². The Bertz CT molecular complexity index is 788. The minimum atomic E-state index is 0.0221. The van der Waals surface area contributed by atoms with Crippen molar-refractivity contribution in [2.75, 3.05) is 6.61 Å². The lowest BCUT2D eigenvalue weighted by Gasteiger charge is -2.07. The summed E-state index contributed by atoms with van der Waals surface area (Å²) in [6, 6.07) is 0. The van der Waals surface area contributed by atoms with Crippen molar-refractivity contribution in [1.82, 2.24) is 0 Å². The number of unbranched alkanes of at least 4 members (excludes halogenated alkanes) is 43. The van der Waals surface area contributed by atoms with E-state index >= 15 is 0 Å². The molecule has 352 valence electrons. The van der Waals surface area contributed by atoms with Crippen LogP contribution in [0.2, 0.25) is 0 Å². The fraction of sp³-hybridized carbons (Fsp3) is 0.947. The van der Waals surface area contributed by atoms with Gasteiger partial charge >= 0.3 is 5.97 Å². The first-order chi connectivity index (χ1) is 29.2. The maximum atomic E-state index is 12.0. The molecule has 0 radical (unpaired) electrons. The van der Waals surface area contributed by atoms with Gasteiger partial charge in [0.25, 0.3) is 0 Å². The van der Waals surface area contributed by atoms with Gasteiger partial charge in [0, 0.05) is 6.42 Å². The SMILES string of the molecule is CCCCCCCC/C=C\CCCCCCCC(=O)OCCCCCCCCCCCCCCCCCCCCCCCCCCCCCCCCCCCC(C)CC. The summed E-state index contributed by atoms with van der Waals surface area (Å²) in [6.07, 6.45) is 72.4. The van der Waals surface area contributed by atoms with Crippen molar-refractivity contribution in [3.8, 4) is 0 Å². The first kappa shape index (κ1) is 58.2. The Morgan fingerprint density at radius 2 is 0.627 bits per heavy atom. The van der Waals surface area contributed by atoms with Gasteiger partial charge in [0.2, 0.25) is 0 Å². The van der Waals surface area contributed by atoms with Gasteiger partial charge in [-0.1, -0.05) is 303 Å². The zero-order valence-electron chi connectivity index (χ0n) is 41.4. The molecule has 0 aromatic rings. The fourth-order valence-corrected chi connectivity index (χ4v) is 8.88. The molecule has 0 saturated carbocycles. The van der Waals surface area contributed by atoms with Crippen LogP contribution in [-0.2, 0) is 9.53 Å². The average Bonchev–Trinajstić information content (AvgIpc) is 3.24. The summed E-state index contributed by atoms with van der Waals surface area (Å²) in [5, 5.41) is 0. The molecule has 1 unspecified atom stereocenters. The van der Waals surface area contributed by atoms with Gasteiger partial charge in [-0.25, -0.2) is 0 Å². The molecule has 0 rings (SSSR count). The van der Waals surface area contributed by atoms with Crippen LogP contribution >= 0.6 is 0 Å². The van der Waals surface area contributed by atoms with Crippen molar-refractivity contribution in [1.29, 1.82) is 0 Å². The highest BCUT2D eigenvalue weighted by atomic mass is 16.5. The molecule has 0 spiro atoms. The van der Waals surface area contributed by atoms with Crippen LogP contribution < -0.4 is 0 Å². The van der Waals surface area contributed by atoms with Crippen LogP contribution in [0.3, 0.4) is 0 Å². The second-order valence-electron chi connectivity index (χ2n) is 19.5. The zero-order chi connectivity index (χ0) is 42.6. The van der Waals surface area contributed by atoms with Crippen LogP contribution in [0.15, 0.2) is 12.2 Å². The fourth-order valence-electron chi connectivity index (χ4n) is 8.88. The average molecular weight is 830 g/mol. The van der Waals surface area contributed by atoms with Crippen molar-refractivity contribution < 1.29 is 9.53 Å². The molecule has 0 aliphatic rings. The highest BCUT2D eigenvalue weighted by Gasteiger charge is 2.03. The number of hydrogen-bond acceptors (Lipinski definition) is 2. The van der Waals surface area contributed by atoms with Crippen molar-refractivity contribution in [2.45, 2.75) is 335 Å². The summed E-state index contributed by atoms with van der Waals surface area (Å²) >= 11 is 0. The number of rotatable bonds is 52. The molecule has 0 heterocycles. The molecule has 2 nitrogen and oxygen atoms in total. The maximum absolute atomic E-state index is 12.0. The first-order valence-electron chi connectivity index (χ1n) is 28.0. The predicted molar refractivity (Wildman–Crippen MR) is 267 cm³/mol. The molecular weight excluding hydrogens is 717 g/mol. The van der Waals surface area contributed by atoms with Gasteiger partial charge in [0.1, 0.15) is 0 Å². The van der Waals surface area contributed by atoms with E-state index in [9.17, 15) is 4.79 Å². The Kier molecular flexibility index (Phi) is 52.6. The molecule has 2 heteroatoms. The minimum Gasteiger partial charge on any atom is -0.466 e. The minimum absolute atomic E-state index is 0.0221. The van der Waals surface area contributed by atoms with Gasteiger partial charge in [0.05, 0.1) is 6.61 Å².